The van der Waals surface area contributed by atoms with Gasteiger partial charge in [-0.05, 0) is 94.2 Å². The van der Waals surface area contributed by atoms with Crippen molar-refractivity contribution in [3.05, 3.63) is 87.2 Å². The molecule has 1 aliphatic carbocycles. The Balaban J connectivity index is 1.10. The molecule has 0 spiro atoms. The van der Waals surface area contributed by atoms with Gasteiger partial charge in [0.05, 0.1) is 38.5 Å². The van der Waals surface area contributed by atoms with Crippen LogP contribution in [0.2, 0.25) is 5.02 Å². The molecule has 1 atom stereocenters. The number of benzene rings is 2. The Morgan fingerprint density at radius 1 is 1.02 bits per heavy atom. The zero-order valence-corrected chi connectivity index (χ0v) is 26.5. The number of fused-ring (bicyclic) bond motifs is 2. The Morgan fingerprint density at radius 2 is 1.79 bits per heavy atom. The van der Waals surface area contributed by atoms with E-state index in [1.54, 1.807) is 4.57 Å². The summed E-state index contributed by atoms with van der Waals surface area (Å²) in [5, 5.41) is 8.46. The molecule has 2 aromatic carbocycles. The topological polar surface area (TPSA) is 96.0 Å². The van der Waals surface area contributed by atoms with Gasteiger partial charge in [0.15, 0.2) is 11.9 Å². The van der Waals surface area contributed by atoms with E-state index in [9.17, 15) is 22.8 Å². The number of hydrogen-bond donors (Lipinski definition) is 1. The Morgan fingerprint density at radius 3 is 2.51 bits per heavy atom. The van der Waals surface area contributed by atoms with Gasteiger partial charge in [0.25, 0.3) is 5.91 Å². The fraction of sp³-hybridized carbons (Fsp3) is 0.412. The summed E-state index contributed by atoms with van der Waals surface area (Å²) < 4.78 is 51.9. The molecule has 246 valence electrons. The summed E-state index contributed by atoms with van der Waals surface area (Å²) in [7, 11) is 0. The second-order valence-electron chi connectivity index (χ2n) is 12.5. The smallest absolute Gasteiger partial charge is 0.356 e. The maximum atomic E-state index is 14.1. The number of nitrogens with zero attached hydrogens (tertiary/aromatic N) is 5. The lowest BCUT2D eigenvalue weighted by Crippen LogP contribution is -2.39. The predicted octanol–water partition coefficient (Wildman–Crippen LogP) is 7.21. The molecule has 2 aliphatic rings. The molecular formula is C34H34ClF3N6O3. The number of pyridine rings is 1. The van der Waals surface area contributed by atoms with Crippen molar-refractivity contribution in [2.24, 2.45) is 5.92 Å². The molecule has 9 nitrogen and oxygen atoms in total. The second kappa shape index (κ2) is 12.5. The van der Waals surface area contributed by atoms with E-state index >= 15 is 0 Å². The van der Waals surface area contributed by atoms with Gasteiger partial charge in [0.2, 0.25) is 0 Å². The molecule has 7 rings (SSSR count). The van der Waals surface area contributed by atoms with Crippen molar-refractivity contribution in [1.29, 1.82) is 0 Å². The summed E-state index contributed by atoms with van der Waals surface area (Å²) in [4.78, 5) is 30.3. The fourth-order valence-electron chi connectivity index (χ4n) is 7.04. The number of nitrogens with one attached hydrogen (secondary N) is 1. The normalized spacial score (nSPS) is 20.6. The van der Waals surface area contributed by atoms with Gasteiger partial charge in [-0.25, -0.2) is 14.5 Å². The van der Waals surface area contributed by atoms with Crippen LogP contribution in [0.1, 0.15) is 72.9 Å². The minimum Gasteiger partial charge on any atom is -0.356 e. The second-order valence-corrected chi connectivity index (χ2v) is 12.9. The number of aryl methyl sites for hydroxylation is 1. The molecule has 3 aromatic heterocycles. The molecule has 0 bridgehead atoms. The van der Waals surface area contributed by atoms with Crippen LogP contribution in [0.4, 0.5) is 13.2 Å². The van der Waals surface area contributed by atoms with Crippen molar-refractivity contribution in [2.45, 2.75) is 76.9 Å². The molecule has 5 aromatic rings. The molecule has 2 fully saturated rings. The monoisotopic (exact) mass is 666 g/mol. The number of aromatic nitrogens is 5. The largest absolute Gasteiger partial charge is 0.434 e. The van der Waals surface area contributed by atoms with Gasteiger partial charge in [0.1, 0.15) is 0 Å². The van der Waals surface area contributed by atoms with Crippen LogP contribution in [0.5, 0.6) is 0 Å². The summed E-state index contributed by atoms with van der Waals surface area (Å²) in [5.74, 6) is -0.698. The molecule has 1 aliphatic heterocycles. The van der Waals surface area contributed by atoms with Crippen molar-refractivity contribution in [3.8, 4) is 5.69 Å². The molecule has 1 unspecified atom stereocenters. The number of carbonyl (C=O) groups is 1. The van der Waals surface area contributed by atoms with Gasteiger partial charge in [-0.15, -0.1) is 0 Å². The number of alkyl halides is 3. The molecule has 1 N–H and O–H groups in total. The first kappa shape index (κ1) is 31.4. The molecule has 1 amide bonds. The summed E-state index contributed by atoms with van der Waals surface area (Å²) in [5.41, 5.74) is 2.23. The third-order valence-electron chi connectivity index (χ3n) is 9.39. The lowest BCUT2D eigenvalue weighted by Gasteiger charge is -2.29. The predicted molar refractivity (Wildman–Crippen MR) is 172 cm³/mol. The van der Waals surface area contributed by atoms with Gasteiger partial charge in [-0.1, -0.05) is 23.7 Å². The van der Waals surface area contributed by atoms with E-state index in [0.717, 1.165) is 71.5 Å². The van der Waals surface area contributed by atoms with Crippen LogP contribution in [-0.2, 0) is 17.5 Å². The highest BCUT2D eigenvalue weighted by Gasteiger charge is 2.38. The van der Waals surface area contributed by atoms with Crippen LogP contribution in [0.25, 0.3) is 27.6 Å². The first-order valence-corrected chi connectivity index (χ1v) is 16.3. The van der Waals surface area contributed by atoms with Crippen LogP contribution in [0.15, 0.2) is 59.5 Å². The maximum Gasteiger partial charge on any atom is 0.434 e. The summed E-state index contributed by atoms with van der Waals surface area (Å²) >= 11 is 5.86. The van der Waals surface area contributed by atoms with Crippen LogP contribution in [-0.4, -0.2) is 42.5 Å². The Labute approximate surface area is 273 Å². The first-order chi connectivity index (χ1) is 22.6. The van der Waals surface area contributed by atoms with Crippen molar-refractivity contribution in [1.82, 2.24) is 29.2 Å². The molecule has 1 saturated heterocycles. The average Bonchev–Trinajstić information content (AvgIpc) is 3.54. The van der Waals surface area contributed by atoms with Gasteiger partial charge in [-0.2, -0.15) is 18.3 Å². The highest BCUT2D eigenvalue weighted by Crippen LogP contribution is 2.33. The van der Waals surface area contributed by atoms with Gasteiger partial charge >= 0.3 is 11.9 Å². The van der Waals surface area contributed by atoms with E-state index in [-0.39, 0.29) is 28.9 Å². The zero-order chi connectivity index (χ0) is 32.9. The molecular weight excluding hydrogens is 633 g/mol. The first-order valence-electron chi connectivity index (χ1n) is 15.9. The SMILES string of the molecule is Cc1nn(C2CCCCO2)c2ccc(-n3c(=O)n(CC4CCC(NC(=O)c5cc(Cl)cnc5C(F)(F)F)CC4)c4ccccc43)cc12. The van der Waals surface area contributed by atoms with E-state index in [2.05, 4.69) is 10.3 Å². The number of amides is 1. The molecule has 4 heterocycles. The molecule has 1 saturated carbocycles. The summed E-state index contributed by atoms with van der Waals surface area (Å²) in [6, 6.07) is 14.4. The Kier molecular flexibility index (Phi) is 8.33. The quantitative estimate of drug-likeness (QED) is 0.207. The van der Waals surface area contributed by atoms with Crippen molar-refractivity contribution < 1.29 is 22.7 Å². The lowest BCUT2D eigenvalue weighted by atomic mass is 9.85. The van der Waals surface area contributed by atoms with Crippen LogP contribution in [0.3, 0.4) is 0 Å². The Bertz CT molecular complexity index is 2020. The van der Waals surface area contributed by atoms with Crippen LogP contribution in [0, 0.1) is 12.8 Å². The van der Waals surface area contributed by atoms with E-state index in [0.29, 0.717) is 32.2 Å². The summed E-state index contributed by atoms with van der Waals surface area (Å²) in [6.45, 7) is 3.18. The van der Waals surface area contributed by atoms with Crippen molar-refractivity contribution in [3.63, 3.8) is 0 Å². The molecule has 0 radical (unpaired) electrons. The highest BCUT2D eigenvalue weighted by molar-refractivity contribution is 6.30. The highest BCUT2D eigenvalue weighted by atomic mass is 35.5. The summed E-state index contributed by atoms with van der Waals surface area (Å²) in [6.07, 6.45) is 1.62. The van der Waals surface area contributed by atoms with E-state index in [4.69, 9.17) is 21.4 Å². The minimum atomic E-state index is -4.78. The van der Waals surface area contributed by atoms with E-state index in [1.165, 1.54) is 0 Å². The molecule has 13 heteroatoms. The fourth-order valence-corrected chi connectivity index (χ4v) is 7.20. The van der Waals surface area contributed by atoms with Gasteiger partial charge < -0.3 is 10.1 Å². The van der Waals surface area contributed by atoms with Crippen molar-refractivity contribution in [2.75, 3.05) is 6.61 Å². The minimum absolute atomic E-state index is 0.0457. The number of imidazole rings is 1. The van der Waals surface area contributed by atoms with Crippen LogP contribution >= 0.6 is 11.6 Å². The van der Waals surface area contributed by atoms with Crippen molar-refractivity contribution >= 4 is 39.4 Å². The van der Waals surface area contributed by atoms with Crippen LogP contribution < -0.4 is 11.0 Å². The number of hydrogen-bond acceptors (Lipinski definition) is 5. The molecule has 47 heavy (non-hydrogen) atoms. The Hall–Kier alpha value is -4.16. The maximum absolute atomic E-state index is 14.1. The lowest BCUT2D eigenvalue weighted by molar-refractivity contribution is -0.141. The third kappa shape index (κ3) is 6.04. The van der Waals surface area contributed by atoms with E-state index < -0.39 is 23.3 Å². The van der Waals surface area contributed by atoms with E-state index in [1.807, 2.05) is 58.6 Å². The number of carbonyl (C=O) groups excluding carboxylic acids is 1. The average molecular weight is 667 g/mol. The standard InChI is InChI=1S/C34H34ClF3N6O3/c1-20-25-17-24(13-14-27(25)44(41-20)30-8-4-5-15-47-30)43-29-7-3-2-6-28(29)42(33(43)46)19-21-9-11-23(12-10-21)40-32(45)26-16-22(35)18-39-31(26)34(36,37)38/h2-3,6-7,13-14,16-18,21,23,30H,4-5,8-12,15,19H2,1H3,(H,40,45). The number of halogens is 4. The number of rotatable bonds is 6. The number of para-hydroxylation sites is 2. The number of ether oxygens (including phenoxy) is 1. The van der Waals surface area contributed by atoms with Gasteiger partial charge in [0, 0.05) is 30.8 Å². The third-order valence-corrected chi connectivity index (χ3v) is 9.59. The van der Waals surface area contributed by atoms with Gasteiger partial charge in [-0.3, -0.25) is 13.9 Å². The zero-order valence-electron chi connectivity index (χ0n) is 25.8.